The first-order chi connectivity index (χ1) is 25.6. The van der Waals surface area contributed by atoms with E-state index < -0.39 is 0 Å². The van der Waals surface area contributed by atoms with E-state index in [4.69, 9.17) is 0 Å². The summed E-state index contributed by atoms with van der Waals surface area (Å²) in [5.41, 5.74) is 21.1. The van der Waals surface area contributed by atoms with E-state index in [2.05, 4.69) is 207 Å². The molecule has 0 bridgehead atoms. The fourth-order valence-corrected chi connectivity index (χ4v) is 9.10. The number of hydrogen-bond donors (Lipinski definition) is 0. The summed E-state index contributed by atoms with van der Waals surface area (Å²) in [6, 6.07) is 69.6. The molecule has 1 nitrogen and oxygen atoms in total. The zero-order chi connectivity index (χ0) is 34.8. The summed E-state index contributed by atoms with van der Waals surface area (Å²) in [6.45, 7) is 4.42. The van der Waals surface area contributed by atoms with Gasteiger partial charge in [0.25, 0.3) is 0 Å². The van der Waals surface area contributed by atoms with Crippen LogP contribution < -0.4 is 4.90 Å². The van der Waals surface area contributed by atoms with E-state index in [-0.39, 0.29) is 5.41 Å². The zero-order valence-corrected chi connectivity index (χ0v) is 29.3. The van der Waals surface area contributed by atoms with Gasteiger partial charge in [0, 0.05) is 16.9 Å². The fourth-order valence-electron chi connectivity index (χ4n) is 9.10. The smallest absolute Gasteiger partial charge is 0.0725 e. The SMILES string of the molecule is Cc1ccccc1-c1cc(N(c2ccc3c(c2)-c2ccccc2C32c3ccccc3-c3ccccc32)c2ccccc2-c2ccccc2)ccc1C. The van der Waals surface area contributed by atoms with Crippen molar-refractivity contribution >= 4 is 17.1 Å². The predicted octanol–water partition coefficient (Wildman–Crippen LogP) is 13.5. The lowest BCUT2D eigenvalue weighted by Crippen LogP contribution is -2.25. The van der Waals surface area contributed by atoms with Gasteiger partial charge in [-0.2, -0.15) is 0 Å². The summed E-state index contributed by atoms with van der Waals surface area (Å²) >= 11 is 0. The van der Waals surface area contributed by atoms with Crippen molar-refractivity contribution in [3.8, 4) is 44.5 Å². The summed E-state index contributed by atoms with van der Waals surface area (Å²) in [4.78, 5) is 2.47. The minimum absolute atomic E-state index is 0.369. The van der Waals surface area contributed by atoms with Gasteiger partial charge < -0.3 is 4.90 Å². The first-order valence-electron chi connectivity index (χ1n) is 18.2. The lowest BCUT2D eigenvalue weighted by molar-refractivity contribution is 0.794. The third-order valence-electron chi connectivity index (χ3n) is 11.4. The van der Waals surface area contributed by atoms with Crippen LogP contribution >= 0.6 is 0 Å². The molecular formula is C51H37N. The van der Waals surface area contributed by atoms with Crippen molar-refractivity contribution in [1.82, 2.24) is 0 Å². The summed E-state index contributed by atoms with van der Waals surface area (Å²) < 4.78 is 0. The number of hydrogen-bond acceptors (Lipinski definition) is 1. The lowest BCUT2D eigenvalue weighted by Gasteiger charge is -2.32. The summed E-state index contributed by atoms with van der Waals surface area (Å²) in [5.74, 6) is 0. The number of para-hydroxylation sites is 1. The van der Waals surface area contributed by atoms with Gasteiger partial charge in [0.1, 0.15) is 0 Å². The van der Waals surface area contributed by atoms with Crippen molar-refractivity contribution in [1.29, 1.82) is 0 Å². The highest BCUT2D eigenvalue weighted by Gasteiger charge is 2.51. The molecule has 0 atom stereocenters. The van der Waals surface area contributed by atoms with Crippen LogP contribution in [0.15, 0.2) is 188 Å². The molecule has 0 aliphatic heterocycles. The van der Waals surface area contributed by atoms with E-state index in [1.807, 2.05) is 0 Å². The highest BCUT2D eigenvalue weighted by molar-refractivity contribution is 5.97. The number of benzene rings is 8. The average Bonchev–Trinajstić information content (AvgIpc) is 3.67. The molecule has 0 saturated carbocycles. The topological polar surface area (TPSA) is 3.24 Å². The molecule has 0 saturated heterocycles. The largest absolute Gasteiger partial charge is 0.310 e. The molecule has 2 aliphatic rings. The second-order valence-corrected chi connectivity index (χ2v) is 14.1. The highest BCUT2D eigenvalue weighted by Crippen LogP contribution is 2.63. The van der Waals surface area contributed by atoms with Crippen LogP contribution in [0.1, 0.15) is 33.4 Å². The maximum atomic E-state index is 2.47. The maximum absolute atomic E-state index is 2.47. The van der Waals surface area contributed by atoms with Crippen LogP contribution in [0.4, 0.5) is 17.1 Å². The molecular weight excluding hydrogens is 627 g/mol. The molecule has 0 radical (unpaired) electrons. The van der Waals surface area contributed by atoms with Crippen molar-refractivity contribution in [2.75, 3.05) is 4.90 Å². The monoisotopic (exact) mass is 663 g/mol. The molecule has 2 aliphatic carbocycles. The van der Waals surface area contributed by atoms with Crippen molar-refractivity contribution in [2.45, 2.75) is 19.3 Å². The minimum atomic E-state index is -0.369. The average molecular weight is 664 g/mol. The van der Waals surface area contributed by atoms with E-state index in [0.717, 1.165) is 17.1 Å². The molecule has 0 aromatic heterocycles. The number of anilines is 3. The first-order valence-corrected chi connectivity index (χ1v) is 18.2. The lowest BCUT2D eigenvalue weighted by atomic mass is 9.70. The Kier molecular flexibility index (Phi) is 6.91. The number of nitrogens with zero attached hydrogens (tertiary/aromatic N) is 1. The normalized spacial score (nSPS) is 13.0. The molecule has 0 unspecified atom stereocenters. The minimum Gasteiger partial charge on any atom is -0.310 e. The highest BCUT2D eigenvalue weighted by atomic mass is 15.1. The van der Waals surface area contributed by atoms with Crippen molar-refractivity contribution in [3.05, 3.63) is 221 Å². The van der Waals surface area contributed by atoms with Gasteiger partial charge in [0.2, 0.25) is 0 Å². The van der Waals surface area contributed by atoms with Gasteiger partial charge in [-0.05, 0) is 117 Å². The van der Waals surface area contributed by atoms with Crippen LogP contribution in [0, 0.1) is 13.8 Å². The molecule has 1 heteroatoms. The first kappa shape index (κ1) is 30.4. The van der Waals surface area contributed by atoms with E-state index in [9.17, 15) is 0 Å². The Morgan fingerprint density at radius 1 is 0.327 bits per heavy atom. The predicted molar refractivity (Wildman–Crippen MR) is 218 cm³/mol. The van der Waals surface area contributed by atoms with Crippen LogP contribution in [0.2, 0.25) is 0 Å². The molecule has 8 aromatic carbocycles. The Morgan fingerprint density at radius 2 is 0.769 bits per heavy atom. The third-order valence-corrected chi connectivity index (χ3v) is 11.4. The number of aryl methyl sites for hydroxylation is 2. The van der Waals surface area contributed by atoms with E-state index >= 15 is 0 Å². The molecule has 0 fully saturated rings. The van der Waals surface area contributed by atoms with Gasteiger partial charge >= 0.3 is 0 Å². The molecule has 8 aromatic rings. The van der Waals surface area contributed by atoms with Gasteiger partial charge in [-0.25, -0.2) is 0 Å². The Labute approximate surface area is 306 Å². The molecule has 0 heterocycles. The van der Waals surface area contributed by atoms with Crippen LogP contribution in [0.25, 0.3) is 44.5 Å². The quantitative estimate of drug-likeness (QED) is 0.177. The van der Waals surface area contributed by atoms with Gasteiger partial charge in [0.05, 0.1) is 11.1 Å². The van der Waals surface area contributed by atoms with Crippen LogP contribution in [-0.2, 0) is 5.41 Å². The number of fused-ring (bicyclic) bond motifs is 10. The van der Waals surface area contributed by atoms with Crippen molar-refractivity contribution in [2.24, 2.45) is 0 Å². The Morgan fingerprint density at radius 3 is 1.40 bits per heavy atom. The van der Waals surface area contributed by atoms with Crippen LogP contribution in [0.3, 0.4) is 0 Å². The summed E-state index contributed by atoms with van der Waals surface area (Å²) in [5, 5.41) is 0. The Balaban J connectivity index is 1.24. The molecule has 0 N–H and O–H groups in total. The molecule has 10 rings (SSSR count). The van der Waals surface area contributed by atoms with Crippen LogP contribution in [-0.4, -0.2) is 0 Å². The zero-order valence-electron chi connectivity index (χ0n) is 29.3. The Bertz CT molecular complexity index is 2620. The standard InChI is InChI=1S/C51H37N/c1-34-16-6-7-19-39(34)44-32-37(29-28-35(44)2)52(50-27-15-11-20-40(50)36-17-4-3-5-18-36)38-30-31-49-45(33-38)43-23-10-14-26-48(43)51(49)46-24-12-8-21-41(46)42-22-9-13-25-47(42)51/h3-33H,1-2H3. The maximum Gasteiger partial charge on any atom is 0.0725 e. The third kappa shape index (κ3) is 4.36. The van der Waals surface area contributed by atoms with Gasteiger partial charge in [-0.15, -0.1) is 0 Å². The van der Waals surface area contributed by atoms with E-state index in [0.29, 0.717) is 0 Å². The summed E-state index contributed by atoms with van der Waals surface area (Å²) in [6.07, 6.45) is 0. The second-order valence-electron chi connectivity index (χ2n) is 14.1. The van der Waals surface area contributed by atoms with Crippen molar-refractivity contribution in [3.63, 3.8) is 0 Å². The summed E-state index contributed by atoms with van der Waals surface area (Å²) in [7, 11) is 0. The van der Waals surface area contributed by atoms with Crippen LogP contribution in [0.5, 0.6) is 0 Å². The number of rotatable bonds is 5. The van der Waals surface area contributed by atoms with Gasteiger partial charge in [0.15, 0.2) is 0 Å². The Hall–Kier alpha value is -6.44. The molecule has 246 valence electrons. The molecule has 1 spiro atoms. The second kappa shape index (κ2) is 11.8. The van der Waals surface area contributed by atoms with E-state index in [1.165, 1.54) is 77.9 Å². The molecule has 0 amide bonds. The van der Waals surface area contributed by atoms with E-state index in [1.54, 1.807) is 0 Å². The molecule has 52 heavy (non-hydrogen) atoms. The van der Waals surface area contributed by atoms with Gasteiger partial charge in [-0.3, -0.25) is 0 Å². The van der Waals surface area contributed by atoms with Crippen molar-refractivity contribution < 1.29 is 0 Å². The fraction of sp³-hybridized carbons (Fsp3) is 0.0588. The van der Waals surface area contributed by atoms with Gasteiger partial charge in [-0.1, -0.05) is 158 Å².